The summed E-state index contributed by atoms with van der Waals surface area (Å²) in [5.41, 5.74) is 5.63. The Morgan fingerprint density at radius 1 is 1.31 bits per heavy atom. The molecule has 5 heteroatoms. The quantitative estimate of drug-likeness (QED) is 0.861. The molecule has 0 atom stereocenters. The normalized spacial score (nSPS) is 10.1. The van der Waals surface area contributed by atoms with Crippen LogP contribution >= 0.6 is 22.6 Å². The number of benzene rings is 1. The van der Waals surface area contributed by atoms with Crippen LogP contribution in [-0.2, 0) is 0 Å². The van der Waals surface area contributed by atoms with Crippen molar-refractivity contribution in [1.82, 2.24) is 4.98 Å². The third kappa shape index (κ3) is 2.41. The largest absolute Gasteiger partial charge is 0.456 e. The molecule has 0 saturated heterocycles. The number of rotatable bonds is 2. The summed E-state index contributed by atoms with van der Waals surface area (Å²) in [5.74, 6) is 1.06. The highest BCUT2D eigenvalue weighted by molar-refractivity contribution is 14.1. The Labute approximate surface area is 106 Å². The second-order valence-corrected chi connectivity index (χ2v) is 4.15. The minimum absolute atomic E-state index is 0.338. The zero-order chi connectivity index (χ0) is 11.5. The first-order valence-corrected chi connectivity index (χ1v) is 5.58. The topological polar surface area (TPSA) is 48.1 Å². The molecular formula is C11H8FIN2O. The van der Waals surface area contributed by atoms with Crippen molar-refractivity contribution in [1.29, 1.82) is 0 Å². The number of nitrogen functional groups attached to an aromatic ring is 1. The predicted molar refractivity (Wildman–Crippen MR) is 67.8 cm³/mol. The molecule has 2 aromatic rings. The van der Waals surface area contributed by atoms with E-state index in [0.717, 1.165) is 0 Å². The molecule has 82 valence electrons. The smallest absolute Gasteiger partial charge is 0.146 e. The first kappa shape index (κ1) is 11.1. The van der Waals surface area contributed by atoms with E-state index < -0.39 is 0 Å². The maximum Gasteiger partial charge on any atom is 0.146 e. The number of pyridine rings is 1. The lowest BCUT2D eigenvalue weighted by Gasteiger charge is -2.08. The lowest BCUT2D eigenvalue weighted by Crippen LogP contribution is -1.96. The van der Waals surface area contributed by atoms with Gasteiger partial charge in [0, 0.05) is 18.3 Å². The van der Waals surface area contributed by atoms with Crippen molar-refractivity contribution in [2.75, 3.05) is 5.73 Å². The fraction of sp³-hybridized carbons (Fsp3) is 0. The highest BCUT2D eigenvalue weighted by Crippen LogP contribution is 2.29. The van der Waals surface area contributed by atoms with Gasteiger partial charge in [0.15, 0.2) is 0 Å². The maximum atomic E-state index is 12.9. The Hall–Kier alpha value is -1.37. The van der Waals surface area contributed by atoms with E-state index in [9.17, 15) is 4.39 Å². The molecule has 1 aromatic heterocycles. The molecule has 0 fully saturated rings. The molecule has 1 aromatic carbocycles. The lowest BCUT2D eigenvalue weighted by molar-refractivity contribution is 0.473. The van der Waals surface area contributed by atoms with Crippen LogP contribution in [0.1, 0.15) is 0 Å². The minimum atomic E-state index is -0.338. The first-order valence-electron chi connectivity index (χ1n) is 4.50. The Balaban J connectivity index is 2.31. The predicted octanol–water partition coefficient (Wildman–Crippen LogP) is 3.20. The van der Waals surface area contributed by atoms with Gasteiger partial charge in [-0.15, -0.1) is 0 Å². The van der Waals surface area contributed by atoms with Crippen LogP contribution in [0.3, 0.4) is 0 Å². The number of ether oxygens (including phenoxy) is 1. The van der Waals surface area contributed by atoms with Gasteiger partial charge in [-0.25, -0.2) is 9.37 Å². The molecule has 0 aliphatic heterocycles. The summed E-state index contributed by atoms with van der Waals surface area (Å²) in [6.45, 7) is 0. The van der Waals surface area contributed by atoms with Gasteiger partial charge in [0.05, 0.1) is 3.57 Å². The van der Waals surface area contributed by atoms with Crippen LogP contribution in [0.25, 0.3) is 0 Å². The number of nitrogens with zero attached hydrogens (tertiary/aromatic N) is 1. The Morgan fingerprint density at radius 3 is 2.88 bits per heavy atom. The Bertz CT molecular complexity index is 519. The summed E-state index contributed by atoms with van der Waals surface area (Å²) in [5, 5.41) is 0. The molecule has 0 unspecified atom stereocenters. The minimum Gasteiger partial charge on any atom is -0.456 e. The van der Waals surface area contributed by atoms with Crippen molar-refractivity contribution in [2.45, 2.75) is 0 Å². The molecular weight excluding hydrogens is 322 g/mol. The van der Waals surface area contributed by atoms with Crippen LogP contribution in [0.15, 0.2) is 36.5 Å². The van der Waals surface area contributed by atoms with Gasteiger partial charge in [0.1, 0.15) is 23.1 Å². The van der Waals surface area contributed by atoms with E-state index >= 15 is 0 Å². The van der Waals surface area contributed by atoms with E-state index in [2.05, 4.69) is 4.98 Å². The van der Waals surface area contributed by atoms with Gasteiger partial charge in [-0.1, -0.05) is 6.07 Å². The summed E-state index contributed by atoms with van der Waals surface area (Å²) in [6, 6.07) is 7.62. The van der Waals surface area contributed by atoms with Crippen molar-refractivity contribution in [3.05, 3.63) is 45.9 Å². The maximum absolute atomic E-state index is 12.9. The summed E-state index contributed by atoms with van der Waals surface area (Å²) in [4.78, 5) is 3.91. The third-order valence-corrected chi connectivity index (χ3v) is 2.99. The monoisotopic (exact) mass is 330 g/mol. The molecule has 0 spiro atoms. The lowest BCUT2D eigenvalue weighted by atomic mass is 10.3. The van der Waals surface area contributed by atoms with Gasteiger partial charge < -0.3 is 10.5 Å². The zero-order valence-corrected chi connectivity index (χ0v) is 10.3. The van der Waals surface area contributed by atoms with Crippen molar-refractivity contribution in [3.8, 4) is 11.5 Å². The molecule has 3 nitrogen and oxygen atoms in total. The zero-order valence-electron chi connectivity index (χ0n) is 8.15. The molecule has 16 heavy (non-hydrogen) atoms. The Morgan fingerprint density at radius 2 is 2.12 bits per heavy atom. The van der Waals surface area contributed by atoms with E-state index in [-0.39, 0.29) is 5.82 Å². The van der Waals surface area contributed by atoms with Gasteiger partial charge in [0.2, 0.25) is 0 Å². The van der Waals surface area contributed by atoms with E-state index in [1.807, 2.05) is 22.6 Å². The molecule has 0 aliphatic carbocycles. The van der Waals surface area contributed by atoms with Gasteiger partial charge in [-0.2, -0.15) is 0 Å². The van der Waals surface area contributed by atoms with E-state index in [4.69, 9.17) is 10.5 Å². The van der Waals surface area contributed by atoms with Crippen LogP contribution in [0.2, 0.25) is 0 Å². The van der Waals surface area contributed by atoms with Gasteiger partial charge in [-0.3, -0.25) is 0 Å². The molecule has 0 bridgehead atoms. The van der Waals surface area contributed by atoms with Crippen LogP contribution in [-0.4, -0.2) is 4.98 Å². The fourth-order valence-corrected chi connectivity index (χ4v) is 1.61. The summed E-state index contributed by atoms with van der Waals surface area (Å²) in [7, 11) is 0. The number of aromatic nitrogens is 1. The molecule has 2 N–H and O–H groups in total. The number of halogens is 2. The number of hydrogen-bond acceptors (Lipinski definition) is 3. The number of anilines is 1. The van der Waals surface area contributed by atoms with Crippen LogP contribution in [0.4, 0.5) is 10.2 Å². The molecule has 0 aliphatic rings. The van der Waals surface area contributed by atoms with Crippen LogP contribution in [0.5, 0.6) is 11.5 Å². The van der Waals surface area contributed by atoms with Crippen molar-refractivity contribution >= 4 is 28.4 Å². The van der Waals surface area contributed by atoms with Crippen molar-refractivity contribution in [3.63, 3.8) is 0 Å². The second kappa shape index (κ2) is 4.65. The summed E-state index contributed by atoms with van der Waals surface area (Å²) < 4.78 is 19.1. The SMILES string of the molecule is Nc1nccc(Oc2cccc(F)c2)c1I. The second-order valence-electron chi connectivity index (χ2n) is 3.07. The number of nitrogens with two attached hydrogens (primary N) is 1. The molecule has 0 saturated carbocycles. The average molecular weight is 330 g/mol. The first-order chi connectivity index (χ1) is 7.66. The Kier molecular flexibility index (Phi) is 3.23. The van der Waals surface area contributed by atoms with E-state index in [1.54, 1.807) is 24.4 Å². The van der Waals surface area contributed by atoms with Crippen LogP contribution in [0, 0.1) is 9.39 Å². The summed E-state index contributed by atoms with van der Waals surface area (Å²) >= 11 is 2.03. The molecule has 2 rings (SSSR count). The van der Waals surface area contributed by atoms with E-state index in [0.29, 0.717) is 20.9 Å². The standard InChI is InChI=1S/C11H8FIN2O/c12-7-2-1-3-8(6-7)16-9-4-5-15-11(14)10(9)13/h1-6H,(H2,14,15). The number of hydrogen-bond donors (Lipinski definition) is 1. The van der Waals surface area contributed by atoms with E-state index in [1.165, 1.54) is 12.1 Å². The van der Waals surface area contributed by atoms with Gasteiger partial charge >= 0.3 is 0 Å². The summed E-state index contributed by atoms with van der Waals surface area (Å²) in [6.07, 6.45) is 1.55. The van der Waals surface area contributed by atoms with Gasteiger partial charge in [0.25, 0.3) is 0 Å². The third-order valence-electron chi connectivity index (χ3n) is 1.90. The highest BCUT2D eigenvalue weighted by Gasteiger charge is 2.06. The average Bonchev–Trinajstić information content (AvgIpc) is 2.25. The molecule has 0 amide bonds. The molecule has 0 radical (unpaired) electrons. The van der Waals surface area contributed by atoms with Gasteiger partial charge in [-0.05, 0) is 34.7 Å². The van der Waals surface area contributed by atoms with Crippen LogP contribution < -0.4 is 10.5 Å². The van der Waals surface area contributed by atoms with Crippen molar-refractivity contribution in [2.24, 2.45) is 0 Å². The highest BCUT2D eigenvalue weighted by atomic mass is 127. The molecule has 1 heterocycles. The fourth-order valence-electron chi connectivity index (χ4n) is 1.18. The van der Waals surface area contributed by atoms with Crippen molar-refractivity contribution < 1.29 is 9.13 Å².